The Morgan fingerprint density at radius 1 is 1.16 bits per heavy atom. The molecule has 172 valence electrons. The lowest BCUT2D eigenvalue weighted by atomic mass is 9.82. The number of carbonyl (C=O) groups is 1. The smallest absolute Gasteiger partial charge is 0.391 e. The quantitative estimate of drug-likeness (QED) is 0.519. The average molecular weight is 448 g/mol. The van der Waals surface area contributed by atoms with Crippen LogP contribution in [0.1, 0.15) is 50.6 Å². The molecule has 0 saturated heterocycles. The van der Waals surface area contributed by atoms with E-state index in [-0.39, 0.29) is 36.6 Å². The molecular formula is C24H27F3N2O3. The van der Waals surface area contributed by atoms with Gasteiger partial charge >= 0.3 is 12.1 Å². The number of hydrogen-bond acceptors (Lipinski definition) is 5. The van der Waals surface area contributed by atoms with E-state index in [1.807, 2.05) is 24.3 Å². The molecule has 0 spiro atoms. The van der Waals surface area contributed by atoms with Crippen LogP contribution >= 0.6 is 0 Å². The third-order valence-electron chi connectivity index (χ3n) is 6.33. The van der Waals surface area contributed by atoms with Crippen LogP contribution in [0.15, 0.2) is 36.7 Å². The van der Waals surface area contributed by atoms with Gasteiger partial charge in [0.1, 0.15) is 5.75 Å². The number of ether oxygens (including phenoxy) is 2. The highest BCUT2D eigenvalue weighted by Crippen LogP contribution is 2.47. The fourth-order valence-electron chi connectivity index (χ4n) is 4.36. The summed E-state index contributed by atoms with van der Waals surface area (Å²) in [5.41, 5.74) is 2.38. The zero-order valence-electron chi connectivity index (χ0n) is 18.0. The molecule has 8 heteroatoms. The van der Waals surface area contributed by atoms with Crippen LogP contribution in [0.5, 0.6) is 5.75 Å². The molecule has 2 saturated carbocycles. The highest BCUT2D eigenvalue weighted by atomic mass is 19.4. The largest absolute Gasteiger partial charge is 0.492 e. The Labute approximate surface area is 185 Å². The maximum Gasteiger partial charge on any atom is 0.391 e. The molecule has 4 rings (SSSR count). The predicted molar refractivity (Wildman–Crippen MR) is 112 cm³/mol. The highest BCUT2D eigenvalue weighted by Gasteiger charge is 2.46. The highest BCUT2D eigenvalue weighted by molar-refractivity contribution is 5.77. The average Bonchev–Trinajstić information content (AvgIpc) is 3.59. The molecule has 0 amide bonds. The molecule has 2 atom stereocenters. The standard InChI is InChI=1S/C24H27F3N2O3/c1-2-31-23(30)20-11-19(20)22-5-3-4-21(29-22)16-10-18(13-28-12-16)32-14-15-6-8-17(9-7-15)24(25,26)27/h3-5,10,12-13,15,17,19-20H,2,6-9,11,14H2,1H3/t15-,17-,19-,20-/m1/s1. The van der Waals surface area contributed by atoms with Crippen LogP contribution in [0.25, 0.3) is 11.3 Å². The van der Waals surface area contributed by atoms with Crippen molar-refractivity contribution in [1.82, 2.24) is 9.97 Å². The topological polar surface area (TPSA) is 61.3 Å². The van der Waals surface area contributed by atoms with Gasteiger partial charge in [0.2, 0.25) is 0 Å². The summed E-state index contributed by atoms with van der Waals surface area (Å²) in [6.45, 7) is 2.55. The summed E-state index contributed by atoms with van der Waals surface area (Å²) in [5.74, 6) is -0.717. The Hall–Kier alpha value is -2.64. The third-order valence-corrected chi connectivity index (χ3v) is 6.33. The van der Waals surface area contributed by atoms with Crippen LogP contribution < -0.4 is 4.74 Å². The first-order chi connectivity index (χ1) is 15.3. The first-order valence-corrected chi connectivity index (χ1v) is 11.1. The maximum absolute atomic E-state index is 12.8. The molecular weight excluding hydrogens is 421 g/mol. The van der Waals surface area contributed by atoms with Crippen molar-refractivity contribution in [3.05, 3.63) is 42.4 Å². The van der Waals surface area contributed by atoms with Gasteiger partial charge in [-0.05, 0) is 63.1 Å². The van der Waals surface area contributed by atoms with E-state index in [2.05, 4.69) is 4.98 Å². The van der Waals surface area contributed by atoms with Gasteiger partial charge in [-0.1, -0.05) is 6.07 Å². The molecule has 0 aliphatic heterocycles. The van der Waals surface area contributed by atoms with Crippen molar-refractivity contribution in [3.8, 4) is 17.0 Å². The predicted octanol–water partition coefficient (Wildman–Crippen LogP) is 5.56. The van der Waals surface area contributed by atoms with Crippen molar-refractivity contribution >= 4 is 5.97 Å². The van der Waals surface area contributed by atoms with Crippen molar-refractivity contribution < 1.29 is 27.4 Å². The summed E-state index contributed by atoms with van der Waals surface area (Å²) in [4.78, 5) is 20.9. The van der Waals surface area contributed by atoms with E-state index in [9.17, 15) is 18.0 Å². The van der Waals surface area contributed by atoms with Crippen molar-refractivity contribution in [2.75, 3.05) is 13.2 Å². The van der Waals surface area contributed by atoms with Gasteiger partial charge < -0.3 is 9.47 Å². The number of aromatic nitrogens is 2. The molecule has 2 aromatic heterocycles. The van der Waals surface area contributed by atoms with E-state index in [4.69, 9.17) is 14.5 Å². The lowest BCUT2D eigenvalue weighted by molar-refractivity contribution is -0.184. The first-order valence-electron chi connectivity index (χ1n) is 11.1. The number of nitrogens with zero attached hydrogens (tertiary/aromatic N) is 2. The molecule has 2 aliphatic carbocycles. The molecule has 2 aliphatic rings. The number of halogens is 3. The van der Waals surface area contributed by atoms with E-state index >= 15 is 0 Å². The SMILES string of the molecule is CCOC(=O)[C@@H]1C[C@H]1c1cccc(-c2cncc(OC[C@H]3CC[C@H](C(F)(F)F)CC3)c2)n1. The molecule has 0 bridgehead atoms. The summed E-state index contributed by atoms with van der Waals surface area (Å²) >= 11 is 0. The van der Waals surface area contributed by atoms with E-state index in [1.165, 1.54) is 0 Å². The lowest BCUT2D eigenvalue weighted by Crippen LogP contribution is -2.29. The number of rotatable bonds is 7. The molecule has 2 heterocycles. The van der Waals surface area contributed by atoms with Crippen molar-refractivity contribution in [2.24, 2.45) is 17.8 Å². The van der Waals surface area contributed by atoms with E-state index in [0.29, 0.717) is 31.8 Å². The van der Waals surface area contributed by atoms with Crippen molar-refractivity contribution in [2.45, 2.75) is 51.1 Å². The number of carbonyl (C=O) groups excluding carboxylic acids is 1. The number of pyridine rings is 2. The van der Waals surface area contributed by atoms with Crippen molar-refractivity contribution in [1.29, 1.82) is 0 Å². The number of hydrogen-bond donors (Lipinski definition) is 0. The van der Waals surface area contributed by atoms with E-state index in [0.717, 1.165) is 23.4 Å². The summed E-state index contributed by atoms with van der Waals surface area (Å²) in [6, 6.07) is 7.55. The third kappa shape index (κ3) is 5.40. The maximum atomic E-state index is 12.8. The lowest BCUT2D eigenvalue weighted by Gasteiger charge is -2.29. The second-order valence-corrected chi connectivity index (χ2v) is 8.63. The van der Waals surface area contributed by atoms with Crippen LogP contribution in [0.3, 0.4) is 0 Å². The summed E-state index contributed by atoms with van der Waals surface area (Å²) in [6.07, 6.45) is 1.32. The molecule has 0 radical (unpaired) electrons. The van der Waals surface area contributed by atoms with Crippen molar-refractivity contribution in [3.63, 3.8) is 0 Å². The van der Waals surface area contributed by atoms with Gasteiger partial charge in [0.05, 0.1) is 36.9 Å². The summed E-state index contributed by atoms with van der Waals surface area (Å²) in [5, 5.41) is 0. The Bertz CT molecular complexity index is 942. The van der Waals surface area contributed by atoms with Crippen LogP contribution in [0, 0.1) is 17.8 Å². The van der Waals surface area contributed by atoms with Gasteiger partial charge in [-0.15, -0.1) is 0 Å². The number of esters is 1. The molecule has 5 nitrogen and oxygen atoms in total. The second-order valence-electron chi connectivity index (χ2n) is 8.63. The Kier molecular flexibility index (Phi) is 6.67. The van der Waals surface area contributed by atoms with Crippen LogP contribution in [0.4, 0.5) is 13.2 Å². The fraction of sp³-hybridized carbons (Fsp3) is 0.542. The minimum atomic E-state index is -4.09. The van der Waals surface area contributed by atoms with Gasteiger partial charge in [-0.3, -0.25) is 14.8 Å². The Balaban J connectivity index is 1.35. The zero-order valence-corrected chi connectivity index (χ0v) is 18.0. The van der Waals surface area contributed by atoms with Gasteiger partial charge in [-0.2, -0.15) is 13.2 Å². The molecule has 0 aromatic carbocycles. The molecule has 0 N–H and O–H groups in total. The normalized spacial score (nSPS) is 25.2. The first kappa shape index (κ1) is 22.6. The Morgan fingerprint density at radius 2 is 1.94 bits per heavy atom. The van der Waals surface area contributed by atoms with Crippen LogP contribution in [-0.4, -0.2) is 35.3 Å². The summed E-state index contributed by atoms with van der Waals surface area (Å²) in [7, 11) is 0. The number of alkyl halides is 3. The molecule has 0 unspecified atom stereocenters. The minimum absolute atomic E-state index is 0.0771. The molecule has 32 heavy (non-hydrogen) atoms. The Morgan fingerprint density at radius 3 is 2.66 bits per heavy atom. The minimum Gasteiger partial charge on any atom is -0.492 e. The molecule has 2 aromatic rings. The van der Waals surface area contributed by atoms with Gasteiger partial charge in [0, 0.05) is 23.4 Å². The van der Waals surface area contributed by atoms with Crippen LogP contribution in [0.2, 0.25) is 0 Å². The van der Waals surface area contributed by atoms with Crippen LogP contribution in [-0.2, 0) is 9.53 Å². The monoisotopic (exact) mass is 448 g/mol. The van der Waals surface area contributed by atoms with E-state index < -0.39 is 12.1 Å². The fourth-order valence-corrected chi connectivity index (χ4v) is 4.36. The second kappa shape index (κ2) is 9.46. The van der Waals surface area contributed by atoms with Gasteiger partial charge in [-0.25, -0.2) is 0 Å². The van der Waals surface area contributed by atoms with Gasteiger partial charge in [0.25, 0.3) is 0 Å². The summed E-state index contributed by atoms with van der Waals surface area (Å²) < 4.78 is 49.5. The molecule has 2 fully saturated rings. The van der Waals surface area contributed by atoms with Gasteiger partial charge in [0.15, 0.2) is 0 Å². The van der Waals surface area contributed by atoms with E-state index in [1.54, 1.807) is 19.3 Å². The zero-order chi connectivity index (χ0) is 22.7.